The Balaban J connectivity index is 1.61. The van der Waals surface area contributed by atoms with Crippen LogP contribution in [0.2, 0.25) is 0 Å². The van der Waals surface area contributed by atoms with Gasteiger partial charge in [-0.25, -0.2) is 4.99 Å². The number of allylic oxidation sites excluding steroid dienone is 1. The Morgan fingerprint density at radius 2 is 1.85 bits per heavy atom. The van der Waals surface area contributed by atoms with Crippen molar-refractivity contribution in [3.63, 3.8) is 0 Å². The van der Waals surface area contributed by atoms with E-state index in [2.05, 4.69) is 39.9 Å². The van der Waals surface area contributed by atoms with Crippen molar-refractivity contribution in [3.8, 4) is 5.75 Å². The van der Waals surface area contributed by atoms with Gasteiger partial charge < -0.3 is 21.1 Å². The van der Waals surface area contributed by atoms with E-state index in [1.807, 2.05) is 24.3 Å². The highest BCUT2D eigenvalue weighted by Gasteiger charge is 2.32. The summed E-state index contributed by atoms with van der Waals surface area (Å²) in [7, 11) is 1.59. The third-order valence-electron chi connectivity index (χ3n) is 4.51. The molecule has 3 aromatic rings. The van der Waals surface area contributed by atoms with E-state index >= 15 is 0 Å². The maximum absolute atomic E-state index is 6.53. The zero-order chi connectivity index (χ0) is 18.9. The van der Waals surface area contributed by atoms with E-state index in [1.165, 1.54) is 5.39 Å². The van der Waals surface area contributed by atoms with Gasteiger partial charge in [0.2, 0.25) is 5.79 Å². The maximum atomic E-state index is 6.53. The van der Waals surface area contributed by atoms with Crippen LogP contribution in [0.5, 0.6) is 5.75 Å². The molecule has 136 valence electrons. The monoisotopic (exact) mass is 359 g/mol. The van der Waals surface area contributed by atoms with E-state index in [-0.39, 0.29) is 0 Å². The number of hydrogen-bond acceptors (Lipinski definition) is 6. The molecule has 1 aliphatic heterocycles. The van der Waals surface area contributed by atoms with E-state index in [1.54, 1.807) is 31.5 Å². The molecule has 3 aromatic carbocycles. The van der Waals surface area contributed by atoms with E-state index < -0.39 is 5.79 Å². The first kappa shape index (κ1) is 16.9. The van der Waals surface area contributed by atoms with E-state index in [4.69, 9.17) is 16.2 Å². The average molecular weight is 359 g/mol. The Morgan fingerprint density at radius 1 is 1.04 bits per heavy atom. The molecule has 0 radical (unpaired) electrons. The van der Waals surface area contributed by atoms with Crippen molar-refractivity contribution < 1.29 is 4.74 Å². The van der Waals surface area contributed by atoms with Crippen molar-refractivity contribution in [2.75, 3.05) is 18.2 Å². The maximum Gasteiger partial charge on any atom is 0.213 e. The van der Waals surface area contributed by atoms with Crippen LogP contribution < -0.4 is 26.8 Å². The summed E-state index contributed by atoms with van der Waals surface area (Å²) >= 11 is 0. The number of methoxy groups -OCH3 is 1. The van der Waals surface area contributed by atoms with Gasteiger partial charge in [0.25, 0.3) is 0 Å². The summed E-state index contributed by atoms with van der Waals surface area (Å²) < 4.78 is 5.43. The standard InChI is InChI=1S/C21H21N5O/c1-27-19-9-7-16(22)13-18(19)21(23)24-11-10-20(26-21)25-17-8-6-14-4-2-3-5-15(14)12-17/h2-13,25-26H,22-23H2,1H3. The van der Waals surface area contributed by atoms with Gasteiger partial charge in [-0.3, -0.25) is 5.73 Å². The minimum Gasteiger partial charge on any atom is -0.496 e. The van der Waals surface area contributed by atoms with Crippen LogP contribution in [0.3, 0.4) is 0 Å². The Bertz CT molecular complexity index is 1060. The number of hydrogen-bond donors (Lipinski definition) is 4. The fourth-order valence-corrected chi connectivity index (χ4v) is 3.16. The number of benzene rings is 3. The first-order chi connectivity index (χ1) is 13.1. The van der Waals surface area contributed by atoms with E-state index in [0.717, 1.165) is 16.9 Å². The van der Waals surface area contributed by atoms with Gasteiger partial charge >= 0.3 is 0 Å². The molecule has 0 aromatic heterocycles. The molecular weight excluding hydrogens is 338 g/mol. The third-order valence-corrected chi connectivity index (χ3v) is 4.51. The summed E-state index contributed by atoms with van der Waals surface area (Å²) in [5.74, 6) is 0.157. The molecule has 0 saturated heterocycles. The minimum absolute atomic E-state index is 0.589. The minimum atomic E-state index is -1.19. The SMILES string of the molecule is COc1ccc(N)cc1C1(N)N=CC=C(Nc2ccc3ccccc3c2)N1. The molecule has 0 fully saturated rings. The molecule has 0 spiro atoms. The number of nitrogens with zero attached hydrogens (tertiary/aromatic N) is 1. The number of nitrogens with two attached hydrogens (primary N) is 2. The molecule has 1 aliphatic rings. The molecule has 0 saturated carbocycles. The van der Waals surface area contributed by atoms with Gasteiger partial charge in [-0.1, -0.05) is 30.3 Å². The van der Waals surface area contributed by atoms with Crippen LogP contribution in [-0.4, -0.2) is 13.3 Å². The molecule has 1 heterocycles. The van der Waals surface area contributed by atoms with Gasteiger partial charge in [0.1, 0.15) is 11.6 Å². The summed E-state index contributed by atoms with van der Waals surface area (Å²) in [6, 6.07) is 19.7. The van der Waals surface area contributed by atoms with E-state index in [0.29, 0.717) is 17.0 Å². The number of ether oxygens (including phenoxy) is 1. The smallest absolute Gasteiger partial charge is 0.213 e. The van der Waals surface area contributed by atoms with E-state index in [9.17, 15) is 0 Å². The lowest BCUT2D eigenvalue weighted by molar-refractivity contribution is 0.355. The van der Waals surface area contributed by atoms with Crippen LogP contribution in [-0.2, 0) is 5.79 Å². The molecule has 1 unspecified atom stereocenters. The van der Waals surface area contributed by atoms with Crippen LogP contribution in [0.15, 0.2) is 77.6 Å². The second-order valence-corrected chi connectivity index (χ2v) is 6.40. The lowest BCUT2D eigenvalue weighted by atomic mass is 10.1. The van der Waals surface area contributed by atoms with Gasteiger partial charge in [0.15, 0.2) is 0 Å². The first-order valence-electron chi connectivity index (χ1n) is 8.60. The number of nitrogens with one attached hydrogen (secondary N) is 2. The molecule has 6 N–H and O–H groups in total. The molecule has 4 rings (SSSR count). The van der Waals surface area contributed by atoms with Crippen LogP contribution in [0.1, 0.15) is 5.56 Å². The topological polar surface area (TPSA) is 97.7 Å². The number of aliphatic imine (C=N–C) groups is 1. The van der Waals surface area contributed by atoms with Crippen LogP contribution >= 0.6 is 0 Å². The highest BCUT2D eigenvalue weighted by atomic mass is 16.5. The zero-order valence-electron chi connectivity index (χ0n) is 14.9. The molecule has 0 amide bonds. The van der Waals surface area contributed by atoms with Crippen LogP contribution in [0, 0.1) is 0 Å². The van der Waals surface area contributed by atoms with Gasteiger partial charge in [-0.2, -0.15) is 0 Å². The van der Waals surface area contributed by atoms with Crippen molar-refractivity contribution in [2.24, 2.45) is 10.7 Å². The summed E-state index contributed by atoms with van der Waals surface area (Å²) in [4.78, 5) is 4.41. The predicted molar refractivity (Wildman–Crippen MR) is 111 cm³/mol. The molecule has 0 aliphatic carbocycles. The third kappa shape index (κ3) is 3.30. The van der Waals surface area contributed by atoms with Gasteiger partial charge in [-0.05, 0) is 47.2 Å². The molecular formula is C21H21N5O. The number of nitrogen functional groups attached to an aromatic ring is 1. The predicted octanol–water partition coefficient (Wildman–Crippen LogP) is 3.13. The lowest BCUT2D eigenvalue weighted by Gasteiger charge is -2.32. The van der Waals surface area contributed by atoms with Crippen LogP contribution in [0.25, 0.3) is 10.8 Å². The second-order valence-electron chi connectivity index (χ2n) is 6.40. The Labute approximate surface area is 157 Å². The van der Waals surface area contributed by atoms with Crippen molar-refractivity contribution in [1.82, 2.24) is 5.32 Å². The second kappa shape index (κ2) is 6.66. The van der Waals surface area contributed by atoms with Gasteiger partial charge in [0, 0.05) is 17.6 Å². The summed E-state index contributed by atoms with van der Waals surface area (Å²) in [6.45, 7) is 0. The van der Waals surface area contributed by atoms with Crippen molar-refractivity contribution in [1.29, 1.82) is 0 Å². The zero-order valence-corrected chi connectivity index (χ0v) is 14.9. The molecule has 27 heavy (non-hydrogen) atoms. The number of anilines is 2. The Hall–Kier alpha value is -3.51. The molecule has 1 atom stereocenters. The van der Waals surface area contributed by atoms with Crippen molar-refractivity contribution in [3.05, 3.63) is 78.1 Å². The molecule has 6 heteroatoms. The normalized spacial score (nSPS) is 18.7. The summed E-state index contributed by atoms with van der Waals surface area (Å²) in [5.41, 5.74) is 14.7. The average Bonchev–Trinajstić information content (AvgIpc) is 2.68. The fraction of sp³-hybridized carbons (Fsp3) is 0.0952. The largest absolute Gasteiger partial charge is 0.496 e. The first-order valence-corrected chi connectivity index (χ1v) is 8.60. The highest BCUT2D eigenvalue weighted by Crippen LogP contribution is 2.31. The fourth-order valence-electron chi connectivity index (χ4n) is 3.16. The van der Waals surface area contributed by atoms with Crippen LogP contribution in [0.4, 0.5) is 11.4 Å². The molecule has 0 bridgehead atoms. The van der Waals surface area contributed by atoms with Gasteiger partial charge in [0.05, 0.1) is 12.7 Å². The Kier molecular flexibility index (Phi) is 4.18. The molecule has 6 nitrogen and oxygen atoms in total. The Morgan fingerprint density at radius 3 is 2.67 bits per heavy atom. The number of fused-ring (bicyclic) bond motifs is 1. The number of rotatable bonds is 4. The van der Waals surface area contributed by atoms with Crippen molar-refractivity contribution in [2.45, 2.75) is 5.79 Å². The lowest BCUT2D eigenvalue weighted by Crippen LogP contribution is -2.51. The highest BCUT2D eigenvalue weighted by molar-refractivity contribution is 5.86. The summed E-state index contributed by atoms with van der Waals surface area (Å²) in [5, 5.41) is 8.94. The van der Waals surface area contributed by atoms with Crippen molar-refractivity contribution >= 4 is 28.4 Å². The quantitative estimate of drug-likeness (QED) is 0.537. The summed E-state index contributed by atoms with van der Waals surface area (Å²) in [6.07, 6.45) is 3.50. The van der Waals surface area contributed by atoms with Gasteiger partial charge in [-0.15, -0.1) is 0 Å².